The fourth-order valence-corrected chi connectivity index (χ4v) is 2.40. The number of rotatable bonds is 8. The fraction of sp³-hybridized carbons (Fsp3) is 0.381. The van der Waals surface area contributed by atoms with Crippen molar-refractivity contribution in [1.29, 1.82) is 0 Å². The van der Waals surface area contributed by atoms with Crippen molar-refractivity contribution in [3.05, 3.63) is 59.7 Å². The molecule has 0 bridgehead atoms. The largest absolute Gasteiger partial charge is 0.497 e. The van der Waals surface area contributed by atoms with E-state index < -0.39 is 0 Å². The Bertz CT molecular complexity index is 689. The summed E-state index contributed by atoms with van der Waals surface area (Å²) in [6.07, 6.45) is 0. The van der Waals surface area contributed by atoms with Crippen LogP contribution in [-0.4, -0.2) is 25.2 Å². The highest BCUT2D eigenvalue weighted by Gasteiger charge is 2.13. The minimum Gasteiger partial charge on any atom is -0.497 e. The molecule has 26 heavy (non-hydrogen) atoms. The molecule has 2 rings (SSSR count). The highest BCUT2D eigenvalue weighted by molar-refractivity contribution is 5.78. The van der Waals surface area contributed by atoms with Gasteiger partial charge in [0, 0.05) is 18.6 Å². The van der Waals surface area contributed by atoms with Crippen LogP contribution in [0.15, 0.2) is 48.5 Å². The highest BCUT2D eigenvalue weighted by atomic mass is 16.5. The van der Waals surface area contributed by atoms with Crippen molar-refractivity contribution in [3.8, 4) is 11.5 Å². The van der Waals surface area contributed by atoms with Gasteiger partial charge in [0.15, 0.2) is 6.61 Å². The lowest BCUT2D eigenvalue weighted by Gasteiger charge is -2.20. The Kier molecular flexibility index (Phi) is 7.04. The smallest absolute Gasteiger partial charge is 0.258 e. The number of hydrogen-bond donors (Lipinski definition) is 2. The molecule has 0 spiro atoms. The van der Waals surface area contributed by atoms with E-state index in [2.05, 4.69) is 10.6 Å². The van der Waals surface area contributed by atoms with Gasteiger partial charge in [-0.05, 0) is 56.2 Å². The van der Waals surface area contributed by atoms with Crippen molar-refractivity contribution in [2.45, 2.75) is 39.4 Å². The predicted octanol–water partition coefficient (Wildman–Crippen LogP) is 3.28. The molecule has 0 aliphatic heterocycles. The van der Waals surface area contributed by atoms with E-state index in [1.807, 2.05) is 69.3 Å². The van der Waals surface area contributed by atoms with Gasteiger partial charge in [0.1, 0.15) is 11.5 Å². The molecule has 0 saturated carbocycles. The lowest BCUT2D eigenvalue weighted by molar-refractivity contribution is -0.124. The summed E-state index contributed by atoms with van der Waals surface area (Å²) in [5.41, 5.74) is 2.11. The zero-order valence-electron chi connectivity index (χ0n) is 16.0. The van der Waals surface area contributed by atoms with Crippen molar-refractivity contribution in [1.82, 2.24) is 10.6 Å². The second-order valence-corrected chi connectivity index (χ2v) is 7.18. The fourth-order valence-electron chi connectivity index (χ4n) is 2.40. The van der Waals surface area contributed by atoms with Crippen LogP contribution in [0.2, 0.25) is 0 Å². The van der Waals surface area contributed by atoms with Gasteiger partial charge in [0.2, 0.25) is 0 Å². The zero-order chi connectivity index (χ0) is 19.0. The first-order valence-electron chi connectivity index (χ1n) is 8.72. The van der Waals surface area contributed by atoms with E-state index in [-0.39, 0.29) is 18.1 Å². The number of ether oxygens (including phenoxy) is 2. The molecule has 0 aliphatic carbocycles. The Morgan fingerprint density at radius 2 is 1.38 bits per heavy atom. The second kappa shape index (κ2) is 9.25. The topological polar surface area (TPSA) is 59.6 Å². The van der Waals surface area contributed by atoms with Crippen LogP contribution in [0.3, 0.4) is 0 Å². The Morgan fingerprint density at radius 1 is 0.885 bits per heavy atom. The van der Waals surface area contributed by atoms with E-state index in [4.69, 9.17) is 9.47 Å². The Hall–Kier alpha value is -2.53. The summed E-state index contributed by atoms with van der Waals surface area (Å²) in [6.45, 7) is 7.40. The molecule has 0 atom stereocenters. The lowest BCUT2D eigenvalue weighted by atomic mass is 10.1. The summed E-state index contributed by atoms with van der Waals surface area (Å²) >= 11 is 0. The van der Waals surface area contributed by atoms with Crippen LogP contribution < -0.4 is 20.1 Å². The first kappa shape index (κ1) is 19.8. The molecule has 0 unspecified atom stereocenters. The molecular weight excluding hydrogens is 328 g/mol. The van der Waals surface area contributed by atoms with Crippen LogP contribution >= 0.6 is 0 Å². The summed E-state index contributed by atoms with van der Waals surface area (Å²) in [4.78, 5) is 11.8. The maximum atomic E-state index is 11.8. The number of carbonyl (C=O) groups excluding carboxylic acids is 1. The molecule has 5 heteroatoms. The molecule has 0 radical (unpaired) electrons. The second-order valence-electron chi connectivity index (χ2n) is 7.18. The molecule has 0 aliphatic rings. The van der Waals surface area contributed by atoms with Gasteiger partial charge < -0.3 is 20.1 Å². The minimum absolute atomic E-state index is 0.0202. The van der Waals surface area contributed by atoms with Gasteiger partial charge in [-0.15, -0.1) is 0 Å². The number of benzene rings is 2. The average Bonchev–Trinajstić information content (AvgIpc) is 2.60. The maximum absolute atomic E-state index is 11.8. The van der Waals surface area contributed by atoms with Crippen molar-refractivity contribution in [3.63, 3.8) is 0 Å². The normalized spacial score (nSPS) is 11.1. The van der Waals surface area contributed by atoms with Crippen LogP contribution in [0, 0.1) is 0 Å². The summed E-state index contributed by atoms with van der Waals surface area (Å²) in [5.74, 6) is 1.43. The predicted molar refractivity (Wildman–Crippen MR) is 103 cm³/mol. The standard InChI is InChI=1S/C21H28N2O3/c1-21(2,3)23-20(24)15-26-19-11-7-17(8-12-19)14-22-13-16-5-9-18(25-4)10-6-16/h5-12,22H,13-15H2,1-4H3,(H,23,24). The molecule has 2 aromatic rings. The van der Waals surface area contributed by atoms with Gasteiger partial charge in [0.25, 0.3) is 5.91 Å². The Labute approximate surface area is 155 Å². The van der Waals surface area contributed by atoms with Crippen LogP contribution in [0.1, 0.15) is 31.9 Å². The molecule has 0 saturated heterocycles. The van der Waals surface area contributed by atoms with Gasteiger partial charge in [-0.2, -0.15) is 0 Å². The summed E-state index contributed by atoms with van der Waals surface area (Å²) in [7, 11) is 1.66. The van der Waals surface area contributed by atoms with Crippen LogP contribution in [0.5, 0.6) is 11.5 Å². The van der Waals surface area contributed by atoms with E-state index in [0.29, 0.717) is 5.75 Å². The molecule has 0 aromatic heterocycles. The van der Waals surface area contributed by atoms with Crippen molar-refractivity contribution in [2.24, 2.45) is 0 Å². The number of amides is 1. The molecule has 2 N–H and O–H groups in total. The molecule has 5 nitrogen and oxygen atoms in total. The van der Waals surface area contributed by atoms with Gasteiger partial charge in [-0.1, -0.05) is 24.3 Å². The summed E-state index contributed by atoms with van der Waals surface area (Å²) in [6, 6.07) is 15.8. The first-order chi connectivity index (χ1) is 12.4. The summed E-state index contributed by atoms with van der Waals surface area (Å²) in [5, 5.41) is 6.27. The SMILES string of the molecule is COc1ccc(CNCc2ccc(OCC(=O)NC(C)(C)C)cc2)cc1. The van der Waals surface area contributed by atoms with Crippen LogP contribution in [0.25, 0.3) is 0 Å². The quantitative estimate of drug-likeness (QED) is 0.762. The molecule has 2 aromatic carbocycles. The summed E-state index contributed by atoms with van der Waals surface area (Å²) < 4.78 is 10.7. The van der Waals surface area contributed by atoms with Crippen molar-refractivity contribution in [2.75, 3.05) is 13.7 Å². The van der Waals surface area contributed by atoms with E-state index >= 15 is 0 Å². The Morgan fingerprint density at radius 3 is 1.85 bits per heavy atom. The van der Waals surface area contributed by atoms with E-state index in [1.54, 1.807) is 7.11 Å². The van der Waals surface area contributed by atoms with Gasteiger partial charge >= 0.3 is 0 Å². The monoisotopic (exact) mass is 356 g/mol. The van der Waals surface area contributed by atoms with Gasteiger partial charge in [0.05, 0.1) is 7.11 Å². The van der Waals surface area contributed by atoms with E-state index in [1.165, 1.54) is 5.56 Å². The maximum Gasteiger partial charge on any atom is 0.258 e. The zero-order valence-corrected chi connectivity index (χ0v) is 16.0. The third kappa shape index (κ3) is 7.15. The Balaban J connectivity index is 1.73. The van der Waals surface area contributed by atoms with E-state index in [9.17, 15) is 4.79 Å². The third-order valence-electron chi connectivity index (χ3n) is 3.63. The average molecular weight is 356 g/mol. The molecule has 1 amide bonds. The van der Waals surface area contributed by atoms with Crippen LogP contribution in [0.4, 0.5) is 0 Å². The van der Waals surface area contributed by atoms with E-state index in [0.717, 1.165) is 24.4 Å². The third-order valence-corrected chi connectivity index (χ3v) is 3.63. The lowest BCUT2D eigenvalue weighted by Crippen LogP contribution is -2.43. The highest BCUT2D eigenvalue weighted by Crippen LogP contribution is 2.13. The van der Waals surface area contributed by atoms with Gasteiger partial charge in [-0.25, -0.2) is 0 Å². The molecular formula is C21H28N2O3. The number of methoxy groups -OCH3 is 1. The number of carbonyl (C=O) groups is 1. The number of hydrogen-bond acceptors (Lipinski definition) is 4. The van der Waals surface area contributed by atoms with Gasteiger partial charge in [-0.3, -0.25) is 4.79 Å². The first-order valence-corrected chi connectivity index (χ1v) is 8.72. The minimum atomic E-state index is -0.250. The molecule has 0 heterocycles. The molecule has 0 fully saturated rings. The number of nitrogens with one attached hydrogen (secondary N) is 2. The molecule has 140 valence electrons. The van der Waals surface area contributed by atoms with Crippen molar-refractivity contribution < 1.29 is 14.3 Å². The van der Waals surface area contributed by atoms with Crippen LogP contribution in [-0.2, 0) is 17.9 Å². The van der Waals surface area contributed by atoms with Crippen molar-refractivity contribution >= 4 is 5.91 Å².